The molecule has 1 amide bonds. The molecule has 0 bridgehead atoms. The van der Waals surface area contributed by atoms with Crippen LogP contribution < -0.4 is 4.90 Å². The zero-order chi connectivity index (χ0) is 22.2. The Bertz CT molecular complexity index is 1330. The van der Waals surface area contributed by atoms with Crippen LogP contribution in [0.25, 0.3) is 10.2 Å². The van der Waals surface area contributed by atoms with Gasteiger partial charge in [0.2, 0.25) is 10.0 Å². The Hall–Kier alpha value is -2.72. The average Bonchev–Trinajstić information content (AvgIpc) is 3.40. The molecule has 0 spiro atoms. The molecule has 0 aliphatic rings. The van der Waals surface area contributed by atoms with Gasteiger partial charge in [-0.15, -0.1) is 0 Å². The minimum absolute atomic E-state index is 0.112. The van der Waals surface area contributed by atoms with Gasteiger partial charge in [-0.1, -0.05) is 22.9 Å². The second-order valence-corrected chi connectivity index (χ2v) is 10.5. The summed E-state index contributed by atoms with van der Waals surface area (Å²) in [6.45, 7) is 0.178. The van der Waals surface area contributed by atoms with Gasteiger partial charge < -0.3 is 4.42 Å². The Balaban J connectivity index is 1.71. The molecule has 0 saturated carbocycles. The van der Waals surface area contributed by atoms with Gasteiger partial charge in [0.05, 0.1) is 27.9 Å². The second-order valence-electron chi connectivity index (χ2n) is 6.89. The standard InChI is InChI=1S/C21H18ClN3O4S2/c1-24(2)31(27,28)17-8-5-14(6-9-17)20(26)25(13-16-4-3-11-29-16)21-23-18-10-7-15(22)12-19(18)30-21/h3-12H,13H2,1-2H3. The van der Waals surface area contributed by atoms with Gasteiger partial charge in [0.1, 0.15) is 5.76 Å². The first kappa shape index (κ1) is 21.5. The summed E-state index contributed by atoms with van der Waals surface area (Å²) in [7, 11) is -0.669. The third-order valence-electron chi connectivity index (χ3n) is 4.59. The van der Waals surface area contributed by atoms with E-state index < -0.39 is 10.0 Å². The number of sulfonamides is 1. The number of nitrogens with zero attached hydrogens (tertiary/aromatic N) is 3. The highest BCUT2D eigenvalue weighted by Gasteiger charge is 2.24. The van der Waals surface area contributed by atoms with Gasteiger partial charge in [0.15, 0.2) is 5.13 Å². The molecular formula is C21H18ClN3O4S2. The fourth-order valence-corrected chi connectivity index (χ4v) is 5.06. The Morgan fingerprint density at radius 2 is 1.87 bits per heavy atom. The molecular weight excluding hydrogens is 458 g/mol. The van der Waals surface area contributed by atoms with Crippen LogP contribution in [0.5, 0.6) is 0 Å². The molecule has 2 heterocycles. The van der Waals surface area contributed by atoms with Crippen molar-refractivity contribution in [2.24, 2.45) is 0 Å². The lowest BCUT2D eigenvalue weighted by atomic mass is 10.2. The lowest BCUT2D eigenvalue weighted by Gasteiger charge is -2.19. The molecule has 31 heavy (non-hydrogen) atoms. The maximum Gasteiger partial charge on any atom is 0.260 e. The van der Waals surface area contributed by atoms with Crippen molar-refractivity contribution in [3.63, 3.8) is 0 Å². The molecule has 0 atom stereocenters. The Labute approximate surface area is 188 Å². The van der Waals surface area contributed by atoms with Crippen molar-refractivity contribution in [2.45, 2.75) is 11.4 Å². The van der Waals surface area contributed by atoms with Crippen LogP contribution in [0.4, 0.5) is 5.13 Å². The highest BCUT2D eigenvalue weighted by molar-refractivity contribution is 7.89. The van der Waals surface area contributed by atoms with Crippen molar-refractivity contribution >= 4 is 54.2 Å². The molecule has 0 unspecified atom stereocenters. The predicted molar refractivity (Wildman–Crippen MR) is 121 cm³/mol. The van der Waals surface area contributed by atoms with Crippen molar-refractivity contribution < 1.29 is 17.6 Å². The van der Waals surface area contributed by atoms with E-state index in [4.69, 9.17) is 16.0 Å². The molecule has 0 saturated heterocycles. The van der Waals surface area contributed by atoms with E-state index in [1.165, 1.54) is 60.9 Å². The number of carbonyl (C=O) groups excluding carboxylic acids is 1. The van der Waals surface area contributed by atoms with Gasteiger partial charge in [-0.25, -0.2) is 17.7 Å². The van der Waals surface area contributed by atoms with Crippen molar-refractivity contribution in [3.05, 3.63) is 77.2 Å². The molecule has 4 aromatic rings. The Kier molecular flexibility index (Phi) is 5.85. The van der Waals surface area contributed by atoms with Crippen molar-refractivity contribution in [1.29, 1.82) is 0 Å². The molecule has 10 heteroatoms. The van der Waals surface area contributed by atoms with E-state index in [9.17, 15) is 13.2 Å². The number of hydrogen-bond donors (Lipinski definition) is 0. The maximum absolute atomic E-state index is 13.4. The second kappa shape index (κ2) is 8.43. The highest BCUT2D eigenvalue weighted by Crippen LogP contribution is 2.32. The van der Waals surface area contributed by atoms with E-state index in [0.29, 0.717) is 21.5 Å². The summed E-state index contributed by atoms with van der Waals surface area (Å²) in [5, 5.41) is 1.08. The average molecular weight is 476 g/mol. The van der Waals surface area contributed by atoms with E-state index in [2.05, 4.69) is 4.98 Å². The van der Waals surface area contributed by atoms with Gasteiger partial charge in [0, 0.05) is 24.7 Å². The highest BCUT2D eigenvalue weighted by atomic mass is 35.5. The fourth-order valence-electron chi connectivity index (χ4n) is 2.92. The largest absolute Gasteiger partial charge is 0.467 e. The van der Waals surface area contributed by atoms with Gasteiger partial charge in [-0.2, -0.15) is 0 Å². The number of amides is 1. The number of halogens is 1. The normalized spacial score (nSPS) is 11.9. The summed E-state index contributed by atoms with van der Waals surface area (Å²) in [5.41, 5.74) is 1.07. The zero-order valence-corrected chi connectivity index (χ0v) is 19.0. The number of thiazole rings is 1. The van der Waals surface area contributed by atoms with E-state index in [0.717, 1.165) is 14.5 Å². The molecule has 0 aliphatic carbocycles. The lowest BCUT2D eigenvalue weighted by Crippen LogP contribution is -2.30. The van der Waals surface area contributed by atoms with Crippen molar-refractivity contribution in [2.75, 3.05) is 19.0 Å². The first-order chi connectivity index (χ1) is 14.8. The van der Waals surface area contributed by atoms with Gasteiger partial charge in [-0.3, -0.25) is 9.69 Å². The zero-order valence-electron chi connectivity index (χ0n) is 16.6. The van der Waals surface area contributed by atoms with Gasteiger partial charge in [-0.05, 0) is 54.6 Å². The van der Waals surface area contributed by atoms with Crippen LogP contribution in [0.15, 0.2) is 70.2 Å². The van der Waals surface area contributed by atoms with E-state index in [1.807, 2.05) is 0 Å². The number of furan rings is 1. The van der Waals surface area contributed by atoms with Crippen LogP contribution in [-0.4, -0.2) is 37.7 Å². The minimum atomic E-state index is -3.58. The van der Waals surface area contributed by atoms with Crippen LogP contribution in [-0.2, 0) is 16.6 Å². The first-order valence-corrected chi connectivity index (χ1v) is 11.8. The molecule has 2 aromatic carbocycles. The number of aromatic nitrogens is 1. The van der Waals surface area contributed by atoms with E-state index in [-0.39, 0.29) is 17.3 Å². The molecule has 0 aliphatic heterocycles. The minimum Gasteiger partial charge on any atom is -0.467 e. The Morgan fingerprint density at radius 1 is 1.13 bits per heavy atom. The SMILES string of the molecule is CN(C)S(=O)(=O)c1ccc(C(=O)N(Cc2ccco2)c2nc3ccc(Cl)cc3s2)cc1. The van der Waals surface area contributed by atoms with Crippen LogP contribution in [0.3, 0.4) is 0 Å². The number of benzene rings is 2. The number of hydrogen-bond acceptors (Lipinski definition) is 6. The number of carbonyl (C=O) groups is 1. The fraction of sp³-hybridized carbons (Fsp3) is 0.143. The molecule has 4 rings (SSSR count). The summed E-state index contributed by atoms with van der Waals surface area (Å²) < 4.78 is 32.0. The molecule has 160 valence electrons. The predicted octanol–water partition coefficient (Wildman–Crippen LogP) is 4.64. The lowest BCUT2D eigenvalue weighted by molar-refractivity contribution is 0.0983. The quantitative estimate of drug-likeness (QED) is 0.405. The summed E-state index contributed by atoms with van der Waals surface area (Å²) in [4.78, 5) is 19.6. The maximum atomic E-state index is 13.4. The molecule has 7 nitrogen and oxygen atoms in total. The first-order valence-electron chi connectivity index (χ1n) is 9.18. The summed E-state index contributed by atoms with van der Waals surface area (Å²) >= 11 is 7.43. The van der Waals surface area contributed by atoms with Gasteiger partial charge >= 0.3 is 0 Å². The monoisotopic (exact) mass is 475 g/mol. The number of fused-ring (bicyclic) bond motifs is 1. The molecule has 0 radical (unpaired) electrons. The molecule has 0 N–H and O–H groups in total. The topological polar surface area (TPSA) is 83.7 Å². The van der Waals surface area contributed by atoms with Crippen LogP contribution in [0, 0.1) is 0 Å². The van der Waals surface area contributed by atoms with Crippen LogP contribution in [0.2, 0.25) is 5.02 Å². The van der Waals surface area contributed by atoms with Crippen LogP contribution >= 0.6 is 22.9 Å². The summed E-state index contributed by atoms with van der Waals surface area (Å²) in [6.07, 6.45) is 1.54. The third kappa shape index (κ3) is 4.35. The van der Waals surface area contributed by atoms with Crippen molar-refractivity contribution in [3.8, 4) is 0 Å². The number of anilines is 1. The number of rotatable bonds is 6. The van der Waals surface area contributed by atoms with Crippen LogP contribution in [0.1, 0.15) is 16.1 Å². The van der Waals surface area contributed by atoms with Crippen molar-refractivity contribution in [1.82, 2.24) is 9.29 Å². The molecule has 2 aromatic heterocycles. The third-order valence-corrected chi connectivity index (χ3v) is 7.69. The molecule has 0 fully saturated rings. The van der Waals surface area contributed by atoms with E-state index in [1.54, 1.807) is 30.3 Å². The van der Waals surface area contributed by atoms with E-state index >= 15 is 0 Å². The summed E-state index contributed by atoms with van der Waals surface area (Å²) in [5.74, 6) is 0.271. The summed E-state index contributed by atoms with van der Waals surface area (Å²) in [6, 6.07) is 14.7. The van der Waals surface area contributed by atoms with Gasteiger partial charge in [0.25, 0.3) is 5.91 Å². The smallest absolute Gasteiger partial charge is 0.260 e. The Morgan fingerprint density at radius 3 is 2.52 bits per heavy atom.